The molecule has 2 fully saturated rings. The molecule has 2 heterocycles. The van der Waals surface area contributed by atoms with Gasteiger partial charge in [0, 0.05) is 24.7 Å². The predicted molar refractivity (Wildman–Crippen MR) is 57.2 cm³/mol. The predicted octanol–water partition coefficient (Wildman–Crippen LogP) is 0.979. The molecule has 2 atom stereocenters. The van der Waals surface area contributed by atoms with Crippen LogP contribution in [0.25, 0.3) is 0 Å². The molecule has 0 saturated carbocycles. The van der Waals surface area contributed by atoms with Crippen LogP contribution in [0.3, 0.4) is 0 Å². The minimum absolute atomic E-state index is 0.361. The third kappa shape index (κ3) is 1.58. The molecule has 1 spiro atoms. The Kier molecular flexibility index (Phi) is 3.10. The average molecular weight is 198 g/mol. The van der Waals surface area contributed by atoms with Crippen LogP contribution >= 0.6 is 0 Å². The van der Waals surface area contributed by atoms with Crippen molar-refractivity contribution in [2.75, 3.05) is 26.3 Å². The Balaban J connectivity index is 2.09. The third-order valence-electron chi connectivity index (χ3n) is 3.92. The summed E-state index contributed by atoms with van der Waals surface area (Å²) in [5.41, 5.74) is 6.19. The first kappa shape index (κ1) is 10.4. The highest BCUT2D eigenvalue weighted by atomic mass is 16.5. The van der Waals surface area contributed by atoms with E-state index in [9.17, 15) is 0 Å². The van der Waals surface area contributed by atoms with E-state index in [4.69, 9.17) is 10.5 Å². The molecule has 0 aromatic rings. The van der Waals surface area contributed by atoms with Gasteiger partial charge in [0.05, 0.1) is 6.61 Å². The second-order valence-corrected chi connectivity index (χ2v) is 4.62. The van der Waals surface area contributed by atoms with Gasteiger partial charge >= 0.3 is 0 Å². The van der Waals surface area contributed by atoms with E-state index in [1.54, 1.807) is 0 Å². The van der Waals surface area contributed by atoms with E-state index < -0.39 is 0 Å². The molecule has 0 aromatic carbocycles. The van der Waals surface area contributed by atoms with E-state index in [0.29, 0.717) is 11.6 Å². The number of rotatable bonds is 3. The molecular weight excluding hydrogens is 176 g/mol. The first-order valence-corrected chi connectivity index (χ1v) is 5.87. The highest BCUT2D eigenvalue weighted by Crippen LogP contribution is 2.38. The summed E-state index contributed by atoms with van der Waals surface area (Å²) in [4.78, 5) is 2.62. The molecule has 3 heteroatoms. The average Bonchev–Trinajstić information content (AvgIpc) is 2.81. The third-order valence-corrected chi connectivity index (χ3v) is 3.92. The second kappa shape index (κ2) is 4.17. The van der Waals surface area contributed by atoms with Crippen LogP contribution in [0.15, 0.2) is 0 Å². The highest BCUT2D eigenvalue weighted by molar-refractivity contribution is 5.00. The zero-order chi connectivity index (χ0) is 10.0. The van der Waals surface area contributed by atoms with E-state index in [1.807, 2.05) is 0 Å². The summed E-state index contributed by atoms with van der Waals surface area (Å²) in [6, 6.07) is 0.569. The lowest BCUT2D eigenvalue weighted by Crippen LogP contribution is -2.52. The van der Waals surface area contributed by atoms with Gasteiger partial charge in [0.2, 0.25) is 0 Å². The van der Waals surface area contributed by atoms with Crippen molar-refractivity contribution in [3.8, 4) is 0 Å². The molecule has 2 saturated heterocycles. The summed E-state index contributed by atoms with van der Waals surface area (Å²) < 4.78 is 5.57. The Bertz CT molecular complexity index is 180. The lowest BCUT2D eigenvalue weighted by atomic mass is 9.93. The van der Waals surface area contributed by atoms with Gasteiger partial charge in [-0.3, -0.25) is 4.90 Å². The van der Waals surface area contributed by atoms with E-state index in [1.165, 1.54) is 25.8 Å². The van der Waals surface area contributed by atoms with Crippen molar-refractivity contribution in [1.29, 1.82) is 0 Å². The maximum atomic E-state index is 5.83. The van der Waals surface area contributed by atoms with Crippen LogP contribution in [0.5, 0.6) is 0 Å². The number of ether oxygens (including phenoxy) is 1. The zero-order valence-electron chi connectivity index (χ0n) is 9.17. The van der Waals surface area contributed by atoms with Gasteiger partial charge in [0.25, 0.3) is 0 Å². The van der Waals surface area contributed by atoms with Crippen LogP contribution < -0.4 is 5.73 Å². The standard InChI is InChI=1S/C11H22N2O/c1-2-10(8-12)13-6-3-4-11(13)5-7-14-9-11/h10H,2-9,12H2,1H3. The Hall–Kier alpha value is -0.120. The lowest BCUT2D eigenvalue weighted by Gasteiger charge is -2.39. The fourth-order valence-corrected chi connectivity index (χ4v) is 3.06. The minimum Gasteiger partial charge on any atom is -0.379 e. The van der Waals surface area contributed by atoms with E-state index in [2.05, 4.69) is 11.8 Å². The largest absolute Gasteiger partial charge is 0.379 e. The van der Waals surface area contributed by atoms with Crippen molar-refractivity contribution in [3.05, 3.63) is 0 Å². The van der Waals surface area contributed by atoms with Crippen LogP contribution in [0.1, 0.15) is 32.6 Å². The first-order valence-electron chi connectivity index (χ1n) is 5.87. The van der Waals surface area contributed by atoms with Crippen molar-refractivity contribution in [1.82, 2.24) is 4.90 Å². The molecule has 2 aliphatic heterocycles. The number of hydrogen-bond acceptors (Lipinski definition) is 3. The molecule has 0 radical (unpaired) electrons. The van der Waals surface area contributed by atoms with Gasteiger partial charge in [-0.1, -0.05) is 6.92 Å². The molecule has 0 amide bonds. The molecule has 2 unspecified atom stereocenters. The monoisotopic (exact) mass is 198 g/mol. The van der Waals surface area contributed by atoms with Gasteiger partial charge in [-0.2, -0.15) is 0 Å². The van der Waals surface area contributed by atoms with Gasteiger partial charge in [0.15, 0.2) is 0 Å². The number of nitrogens with two attached hydrogens (primary N) is 1. The summed E-state index contributed by atoms with van der Waals surface area (Å²) in [5.74, 6) is 0. The van der Waals surface area contributed by atoms with Gasteiger partial charge < -0.3 is 10.5 Å². The normalized spacial score (nSPS) is 35.6. The Morgan fingerprint density at radius 2 is 2.36 bits per heavy atom. The molecule has 82 valence electrons. The SMILES string of the molecule is CCC(CN)N1CCCC12CCOC2. The Labute approximate surface area is 86.6 Å². The molecule has 2 rings (SSSR count). The zero-order valence-corrected chi connectivity index (χ0v) is 9.17. The number of likely N-dealkylation sites (tertiary alicyclic amines) is 1. The molecule has 0 aromatic heterocycles. The summed E-state index contributed by atoms with van der Waals surface area (Å²) in [6.07, 6.45) is 5.01. The Morgan fingerprint density at radius 3 is 2.93 bits per heavy atom. The minimum atomic E-state index is 0.361. The molecular formula is C11H22N2O. The van der Waals surface area contributed by atoms with Crippen LogP contribution in [-0.4, -0.2) is 42.8 Å². The quantitative estimate of drug-likeness (QED) is 0.734. The fraction of sp³-hybridized carbons (Fsp3) is 1.00. The maximum absolute atomic E-state index is 5.83. The first-order chi connectivity index (χ1) is 6.82. The van der Waals surface area contributed by atoms with Gasteiger partial charge in [-0.05, 0) is 32.2 Å². The summed E-state index contributed by atoms with van der Waals surface area (Å²) in [5, 5.41) is 0. The molecule has 2 N–H and O–H groups in total. The van der Waals surface area contributed by atoms with E-state index in [0.717, 1.165) is 26.2 Å². The van der Waals surface area contributed by atoms with Gasteiger partial charge in [-0.15, -0.1) is 0 Å². The smallest absolute Gasteiger partial charge is 0.0651 e. The van der Waals surface area contributed by atoms with Crippen molar-refractivity contribution >= 4 is 0 Å². The van der Waals surface area contributed by atoms with Crippen LogP contribution in [0.4, 0.5) is 0 Å². The molecule has 0 bridgehead atoms. The molecule has 2 aliphatic rings. The van der Waals surface area contributed by atoms with Crippen molar-refractivity contribution in [2.45, 2.75) is 44.2 Å². The lowest BCUT2D eigenvalue weighted by molar-refractivity contribution is 0.0673. The highest BCUT2D eigenvalue weighted by Gasteiger charge is 2.45. The topological polar surface area (TPSA) is 38.5 Å². The molecule has 14 heavy (non-hydrogen) atoms. The molecule has 0 aliphatic carbocycles. The number of hydrogen-bond donors (Lipinski definition) is 1. The van der Waals surface area contributed by atoms with Crippen molar-refractivity contribution in [3.63, 3.8) is 0 Å². The van der Waals surface area contributed by atoms with E-state index >= 15 is 0 Å². The number of nitrogens with zero attached hydrogens (tertiary/aromatic N) is 1. The van der Waals surface area contributed by atoms with Crippen LogP contribution in [0, 0.1) is 0 Å². The van der Waals surface area contributed by atoms with Gasteiger partial charge in [0.1, 0.15) is 0 Å². The second-order valence-electron chi connectivity index (χ2n) is 4.62. The maximum Gasteiger partial charge on any atom is 0.0651 e. The van der Waals surface area contributed by atoms with Crippen molar-refractivity contribution < 1.29 is 4.74 Å². The van der Waals surface area contributed by atoms with Crippen LogP contribution in [0.2, 0.25) is 0 Å². The molecule has 3 nitrogen and oxygen atoms in total. The fourth-order valence-electron chi connectivity index (χ4n) is 3.06. The Morgan fingerprint density at radius 1 is 1.50 bits per heavy atom. The van der Waals surface area contributed by atoms with Crippen LogP contribution in [-0.2, 0) is 4.74 Å². The van der Waals surface area contributed by atoms with Crippen molar-refractivity contribution in [2.24, 2.45) is 5.73 Å². The van der Waals surface area contributed by atoms with Gasteiger partial charge in [-0.25, -0.2) is 0 Å². The summed E-state index contributed by atoms with van der Waals surface area (Å²) in [7, 11) is 0. The summed E-state index contributed by atoms with van der Waals surface area (Å²) in [6.45, 7) is 6.12. The van der Waals surface area contributed by atoms with E-state index in [-0.39, 0.29) is 0 Å². The summed E-state index contributed by atoms with van der Waals surface area (Å²) >= 11 is 0.